The first kappa shape index (κ1) is 14.9. The first-order valence-corrected chi connectivity index (χ1v) is 7.09. The van der Waals surface area contributed by atoms with Crippen LogP contribution in [-0.4, -0.2) is 18.6 Å². The molecule has 0 radical (unpaired) electrons. The van der Waals surface area contributed by atoms with Crippen LogP contribution in [0.4, 0.5) is 5.82 Å². The molecule has 0 aromatic carbocycles. The summed E-state index contributed by atoms with van der Waals surface area (Å²) in [5.74, 6) is 2.73. The summed E-state index contributed by atoms with van der Waals surface area (Å²) in [4.78, 5) is 6.42. The summed E-state index contributed by atoms with van der Waals surface area (Å²) in [7, 11) is 1.99. The second kappa shape index (κ2) is 6.77. The molecule has 0 bridgehead atoms. The molecule has 0 aliphatic carbocycles. The lowest BCUT2D eigenvalue weighted by Gasteiger charge is -2.18. The van der Waals surface area contributed by atoms with Crippen LogP contribution in [0.5, 0.6) is 0 Å². The van der Waals surface area contributed by atoms with Crippen molar-refractivity contribution in [1.82, 2.24) is 10.3 Å². The van der Waals surface area contributed by atoms with Gasteiger partial charge < -0.3 is 14.6 Å². The van der Waals surface area contributed by atoms with Crippen LogP contribution in [0.2, 0.25) is 5.02 Å². The molecule has 5 heteroatoms. The fraction of sp³-hybridized carbons (Fsp3) is 0.400. The SMILES string of the molecule is CCNCc1cc(N(C)Cc2ccc(C)o2)ncc1Cl. The number of pyridine rings is 1. The number of anilines is 1. The summed E-state index contributed by atoms with van der Waals surface area (Å²) < 4.78 is 5.59. The van der Waals surface area contributed by atoms with Gasteiger partial charge >= 0.3 is 0 Å². The molecule has 0 saturated carbocycles. The van der Waals surface area contributed by atoms with Crippen LogP contribution in [0.3, 0.4) is 0 Å². The molecule has 0 atom stereocenters. The Hall–Kier alpha value is -1.52. The first-order chi connectivity index (χ1) is 9.60. The molecule has 108 valence electrons. The number of furan rings is 1. The molecule has 0 fully saturated rings. The standard InChI is InChI=1S/C15H20ClN3O/c1-4-17-8-12-7-15(18-9-14(12)16)19(3)10-13-6-5-11(2)20-13/h5-7,9,17H,4,8,10H2,1-3H3. The predicted octanol–water partition coefficient (Wildman–Crippen LogP) is 3.38. The normalized spacial score (nSPS) is 10.8. The lowest BCUT2D eigenvalue weighted by atomic mass is 10.2. The van der Waals surface area contributed by atoms with E-state index in [1.165, 1.54) is 0 Å². The number of halogens is 1. The molecule has 2 aromatic heterocycles. The van der Waals surface area contributed by atoms with E-state index < -0.39 is 0 Å². The molecule has 4 nitrogen and oxygen atoms in total. The van der Waals surface area contributed by atoms with Gasteiger partial charge in [-0.05, 0) is 37.2 Å². The molecule has 0 amide bonds. The smallest absolute Gasteiger partial charge is 0.129 e. The third-order valence-electron chi connectivity index (χ3n) is 3.07. The van der Waals surface area contributed by atoms with Crippen molar-refractivity contribution in [1.29, 1.82) is 0 Å². The molecule has 1 N–H and O–H groups in total. The summed E-state index contributed by atoms with van der Waals surface area (Å²) in [6.07, 6.45) is 1.70. The molecule has 2 rings (SSSR count). The van der Waals surface area contributed by atoms with E-state index in [1.807, 2.05) is 37.1 Å². The van der Waals surface area contributed by atoms with Crippen molar-refractivity contribution in [2.75, 3.05) is 18.5 Å². The maximum absolute atomic E-state index is 6.16. The molecular formula is C15H20ClN3O. The number of nitrogens with one attached hydrogen (secondary N) is 1. The Morgan fingerprint density at radius 2 is 2.20 bits per heavy atom. The van der Waals surface area contributed by atoms with Crippen LogP contribution in [0.1, 0.15) is 24.0 Å². The minimum Gasteiger partial charge on any atom is -0.464 e. The summed E-state index contributed by atoms with van der Waals surface area (Å²) in [5.41, 5.74) is 1.06. The minimum absolute atomic E-state index is 0.684. The number of rotatable bonds is 6. The van der Waals surface area contributed by atoms with Gasteiger partial charge in [0.25, 0.3) is 0 Å². The second-order valence-corrected chi connectivity index (χ2v) is 5.19. The lowest BCUT2D eigenvalue weighted by molar-refractivity contribution is 0.481. The van der Waals surface area contributed by atoms with Crippen molar-refractivity contribution in [3.63, 3.8) is 0 Å². The average molecular weight is 294 g/mol. The van der Waals surface area contributed by atoms with Gasteiger partial charge in [-0.1, -0.05) is 18.5 Å². The average Bonchev–Trinajstić information content (AvgIpc) is 2.83. The van der Waals surface area contributed by atoms with E-state index in [0.717, 1.165) is 36.0 Å². The lowest BCUT2D eigenvalue weighted by Crippen LogP contribution is -2.18. The molecule has 0 aliphatic heterocycles. The fourth-order valence-corrected chi connectivity index (χ4v) is 2.13. The van der Waals surface area contributed by atoms with Gasteiger partial charge in [0.1, 0.15) is 17.3 Å². The monoisotopic (exact) mass is 293 g/mol. The van der Waals surface area contributed by atoms with Gasteiger partial charge in [0, 0.05) is 19.8 Å². The third kappa shape index (κ3) is 3.74. The number of hydrogen-bond donors (Lipinski definition) is 1. The highest BCUT2D eigenvalue weighted by Gasteiger charge is 2.09. The van der Waals surface area contributed by atoms with Crippen molar-refractivity contribution in [2.24, 2.45) is 0 Å². The summed E-state index contributed by atoms with van der Waals surface area (Å²) >= 11 is 6.16. The third-order valence-corrected chi connectivity index (χ3v) is 3.41. The van der Waals surface area contributed by atoms with Crippen LogP contribution in [0.15, 0.2) is 28.8 Å². The van der Waals surface area contributed by atoms with Crippen LogP contribution < -0.4 is 10.2 Å². The minimum atomic E-state index is 0.684. The Morgan fingerprint density at radius 1 is 1.40 bits per heavy atom. The van der Waals surface area contributed by atoms with Gasteiger partial charge in [0.05, 0.1) is 11.6 Å². The Morgan fingerprint density at radius 3 is 2.85 bits per heavy atom. The largest absolute Gasteiger partial charge is 0.464 e. The van der Waals surface area contributed by atoms with Crippen LogP contribution in [0.25, 0.3) is 0 Å². The Kier molecular flexibility index (Phi) is 5.04. The quantitative estimate of drug-likeness (QED) is 0.886. The van der Waals surface area contributed by atoms with Crippen LogP contribution in [-0.2, 0) is 13.1 Å². The van der Waals surface area contributed by atoms with Crippen molar-refractivity contribution < 1.29 is 4.42 Å². The van der Waals surface area contributed by atoms with Gasteiger partial charge in [-0.3, -0.25) is 0 Å². The van der Waals surface area contributed by atoms with Crippen molar-refractivity contribution in [2.45, 2.75) is 26.9 Å². The van der Waals surface area contributed by atoms with Gasteiger partial charge in [-0.15, -0.1) is 0 Å². The first-order valence-electron chi connectivity index (χ1n) is 6.71. The summed E-state index contributed by atoms with van der Waals surface area (Å²) in [5, 5.41) is 3.97. The number of aromatic nitrogens is 1. The van der Waals surface area contributed by atoms with E-state index >= 15 is 0 Å². The summed E-state index contributed by atoms with van der Waals surface area (Å²) in [6.45, 7) is 6.36. The zero-order valence-electron chi connectivity index (χ0n) is 12.1. The Labute approximate surface area is 124 Å². The zero-order valence-corrected chi connectivity index (χ0v) is 12.9. The molecule has 0 spiro atoms. The molecule has 2 heterocycles. The van der Waals surface area contributed by atoms with Gasteiger partial charge in [-0.25, -0.2) is 4.98 Å². The number of hydrogen-bond acceptors (Lipinski definition) is 4. The van der Waals surface area contributed by atoms with E-state index in [-0.39, 0.29) is 0 Å². The highest BCUT2D eigenvalue weighted by Crippen LogP contribution is 2.21. The van der Waals surface area contributed by atoms with Gasteiger partial charge in [-0.2, -0.15) is 0 Å². The van der Waals surface area contributed by atoms with Crippen LogP contribution in [0, 0.1) is 6.92 Å². The maximum Gasteiger partial charge on any atom is 0.129 e. The highest BCUT2D eigenvalue weighted by atomic mass is 35.5. The van der Waals surface area contributed by atoms with Crippen molar-refractivity contribution in [3.8, 4) is 0 Å². The van der Waals surface area contributed by atoms with Gasteiger partial charge in [0.2, 0.25) is 0 Å². The Balaban J connectivity index is 2.10. The predicted molar refractivity (Wildman–Crippen MR) is 82.2 cm³/mol. The van der Waals surface area contributed by atoms with Gasteiger partial charge in [0.15, 0.2) is 0 Å². The fourth-order valence-electron chi connectivity index (χ4n) is 1.96. The highest BCUT2D eigenvalue weighted by molar-refractivity contribution is 6.31. The number of nitrogens with zero attached hydrogens (tertiary/aromatic N) is 2. The zero-order chi connectivity index (χ0) is 14.5. The molecule has 0 aliphatic rings. The van der Waals surface area contributed by atoms with Crippen molar-refractivity contribution in [3.05, 3.63) is 46.5 Å². The van der Waals surface area contributed by atoms with E-state index in [4.69, 9.17) is 16.0 Å². The maximum atomic E-state index is 6.16. The van der Waals surface area contributed by atoms with E-state index in [1.54, 1.807) is 6.20 Å². The molecule has 0 saturated heterocycles. The van der Waals surface area contributed by atoms with Crippen molar-refractivity contribution >= 4 is 17.4 Å². The van der Waals surface area contributed by atoms with Crippen LogP contribution >= 0.6 is 11.6 Å². The topological polar surface area (TPSA) is 41.3 Å². The molecule has 2 aromatic rings. The van der Waals surface area contributed by atoms with E-state index in [0.29, 0.717) is 11.6 Å². The number of aryl methyl sites for hydroxylation is 1. The Bertz CT molecular complexity index is 568. The molecule has 0 unspecified atom stereocenters. The second-order valence-electron chi connectivity index (χ2n) is 4.78. The molecule has 20 heavy (non-hydrogen) atoms. The molecular weight excluding hydrogens is 274 g/mol. The van der Waals surface area contributed by atoms with E-state index in [9.17, 15) is 0 Å². The van der Waals surface area contributed by atoms with E-state index in [2.05, 4.69) is 17.2 Å². The summed E-state index contributed by atoms with van der Waals surface area (Å²) in [6, 6.07) is 5.97.